The Labute approximate surface area is 172 Å². The highest BCUT2D eigenvalue weighted by Gasteiger charge is 2.24. The predicted octanol–water partition coefficient (Wildman–Crippen LogP) is 3.35. The Bertz CT molecular complexity index is 708. The maximum Gasteiger partial charge on any atom is 0.213 e. The van der Waals surface area contributed by atoms with Crippen LogP contribution in [0, 0.1) is 5.92 Å². The SMILES string of the molecule is CN=C(NCc1cccc(OC)n1)N1CCC(Cc2ccccc2)C1.I. The molecule has 0 radical (unpaired) electrons. The van der Waals surface area contributed by atoms with Crippen molar-refractivity contribution in [1.82, 2.24) is 15.2 Å². The van der Waals surface area contributed by atoms with E-state index in [9.17, 15) is 0 Å². The number of aromatic nitrogens is 1. The van der Waals surface area contributed by atoms with Gasteiger partial charge in [0, 0.05) is 26.2 Å². The summed E-state index contributed by atoms with van der Waals surface area (Å²) in [6.07, 6.45) is 2.33. The van der Waals surface area contributed by atoms with Gasteiger partial charge in [0.05, 0.1) is 19.3 Å². The zero-order valence-corrected chi connectivity index (χ0v) is 17.7. The summed E-state index contributed by atoms with van der Waals surface area (Å²) < 4.78 is 5.18. The van der Waals surface area contributed by atoms with Gasteiger partial charge in [-0.15, -0.1) is 24.0 Å². The minimum Gasteiger partial charge on any atom is -0.481 e. The maximum atomic E-state index is 5.18. The molecular formula is C20H27IN4O. The minimum atomic E-state index is 0. The van der Waals surface area contributed by atoms with Gasteiger partial charge in [0.2, 0.25) is 5.88 Å². The number of likely N-dealkylation sites (tertiary alicyclic amines) is 1. The molecule has 0 amide bonds. The Kier molecular flexibility index (Phi) is 8.15. The molecule has 2 aromatic rings. The fourth-order valence-corrected chi connectivity index (χ4v) is 3.31. The Hall–Kier alpha value is -1.83. The standard InChI is InChI=1S/C20H26N4O.HI/c1-21-20(22-14-18-9-6-10-19(23-18)25-2)24-12-11-17(15-24)13-16-7-4-3-5-8-16;/h3-10,17H,11-15H2,1-2H3,(H,21,22);1H. The van der Waals surface area contributed by atoms with Crippen LogP contribution in [-0.2, 0) is 13.0 Å². The molecule has 0 aliphatic carbocycles. The first kappa shape index (κ1) is 20.5. The molecule has 0 bridgehead atoms. The Morgan fingerprint density at radius 1 is 1.23 bits per heavy atom. The fourth-order valence-electron chi connectivity index (χ4n) is 3.31. The van der Waals surface area contributed by atoms with Crippen LogP contribution in [0.4, 0.5) is 0 Å². The van der Waals surface area contributed by atoms with Gasteiger partial charge in [-0.3, -0.25) is 4.99 Å². The number of methoxy groups -OCH3 is 1. The van der Waals surface area contributed by atoms with E-state index in [0.717, 1.165) is 31.2 Å². The Balaban J connectivity index is 0.00000243. The zero-order chi connectivity index (χ0) is 17.5. The Morgan fingerprint density at radius 2 is 2.04 bits per heavy atom. The van der Waals surface area contributed by atoms with Gasteiger partial charge in [0.15, 0.2) is 5.96 Å². The van der Waals surface area contributed by atoms with Crippen LogP contribution in [0.1, 0.15) is 17.7 Å². The molecule has 1 fully saturated rings. The van der Waals surface area contributed by atoms with Gasteiger partial charge in [-0.2, -0.15) is 0 Å². The number of hydrogen-bond acceptors (Lipinski definition) is 3. The topological polar surface area (TPSA) is 49.8 Å². The molecule has 1 aliphatic rings. The predicted molar refractivity (Wildman–Crippen MR) is 116 cm³/mol. The van der Waals surface area contributed by atoms with Crippen molar-refractivity contribution in [1.29, 1.82) is 0 Å². The third kappa shape index (κ3) is 5.59. The summed E-state index contributed by atoms with van der Waals surface area (Å²) in [5.41, 5.74) is 2.36. The lowest BCUT2D eigenvalue weighted by Gasteiger charge is -2.21. The third-order valence-electron chi connectivity index (χ3n) is 4.58. The first-order chi connectivity index (χ1) is 12.3. The first-order valence-corrected chi connectivity index (χ1v) is 8.78. The van der Waals surface area contributed by atoms with Crippen LogP contribution < -0.4 is 10.1 Å². The van der Waals surface area contributed by atoms with Crippen LogP contribution in [0.5, 0.6) is 5.88 Å². The maximum absolute atomic E-state index is 5.18. The van der Waals surface area contributed by atoms with E-state index < -0.39 is 0 Å². The minimum absolute atomic E-state index is 0. The van der Waals surface area contributed by atoms with Gasteiger partial charge < -0.3 is 15.0 Å². The number of halogens is 1. The van der Waals surface area contributed by atoms with Gasteiger partial charge in [0.1, 0.15) is 0 Å². The molecule has 3 rings (SSSR count). The monoisotopic (exact) mass is 466 g/mol. The highest BCUT2D eigenvalue weighted by atomic mass is 127. The van der Waals surface area contributed by atoms with E-state index in [0.29, 0.717) is 18.3 Å². The van der Waals surface area contributed by atoms with Crippen molar-refractivity contribution in [3.8, 4) is 5.88 Å². The van der Waals surface area contributed by atoms with Crippen LogP contribution in [0.25, 0.3) is 0 Å². The van der Waals surface area contributed by atoms with E-state index in [4.69, 9.17) is 4.74 Å². The van der Waals surface area contributed by atoms with E-state index in [1.165, 1.54) is 12.0 Å². The second kappa shape index (κ2) is 10.4. The van der Waals surface area contributed by atoms with Crippen molar-refractivity contribution in [3.05, 3.63) is 59.8 Å². The van der Waals surface area contributed by atoms with Gasteiger partial charge in [0.25, 0.3) is 0 Å². The average Bonchev–Trinajstić information content (AvgIpc) is 3.11. The van der Waals surface area contributed by atoms with Crippen molar-refractivity contribution in [2.75, 3.05) is 27.2 Å². The summed E-state index contributed by atoms with van der Waals surface area (Å²) in [6.45, 7) is 2.73. The highest BCUT2D eigenvalue weighted by molar-refractivity contribution is 14.0. The van der Waals surface area contributed by atoms with Crippen molar-refractivity contribution in [2.45, 2.75) is 19.4 Å². The number of aliphatic imine (C=N–C) groups is 1. The molecule has 1 saturated heterocycles. The molecule has 1 N–H and O–H groups in total. The smallest absolute Gasteiger partial charge is 0.213 e. The quantitative estimate of drug-likeness (QED) is 0.417. The molecular weight excluding hydrogens is 439 g/mol. The number of guanidine groups is 1. The number of nitrogens with one attached hydrogen (secondary N) is 1. The van der Waals surface area contributed by atoms with Crippen molar-refractivity contribution in [2.24, 2.45) is 10.9 Å². The summed E-state index contributed by atoms with van der Waals surface area (Å²) in [7, 11) is 3.47. The van der Waals surface area contributed by atoms with E-state index in [-0.39, 0.29) is 24.0 Å². The summed E-state index contributed by atoms with van der Waals surface area (Å²) in [4.78, 5) is 11.2. The number of hydrogen-bond donors (Lipinski definition) is 1. The molecule has 26 heavy (non-hydrogen) atoms. The van der Waals surface area contributed by atoms with Crippen molar-refractivity contribution in [3.63, 3.8) is 0 Å². The van der Waals surface area contributed by atoms with Crippen molar-refractivity contribution < 1.29 is 4.74 Å². The number of rotatable bonds is 5. The molecule has 2 heterocycles. The molecule has 0 saturated carbocycles. The summed E-state index contributed by atoms with van der Waals surface area (Å²) in [5, 5.41) is 3.42. The number of pyridine rings is 1. The van der Waals surface area contributed by atoms with E-state index in [2.05, 4.69) is 50.5 Å². The molecule has 1 aromatic heterocycles. The van der Waals surface area contributed by atoms with Crippen molar-refractivity contribution >= 4 is 29.9 Å². The molecule has 1 unspecified atom stereocenters. The lowest BCUT2D eigenvalue weighted by atomic mass is 9.99. The van der Waals surface area contributed by atoms with E-state index in [1.54, 1.807) is 7.11 Å². The Morgan fingerprint density at radius 3 is 2.77 bits per heavy atom. The van der Waals surface area contributed by atoms with Crippen LogP contribution in [0.2, 0.25) is 0 Å². The average molecular weight is 466 g/mol. The number of nitrogens with zero attached hydrogens (tertiary/aromatic N) is 3. The normalized spacial score (nSPS) is 16.9. The second-order valence-corrected chi connectivity index (χ2v) is 6.36. The zero-order valence-electron chi connectivity index (χ0n) is 15.4. The molecule has 6 heteroatoms. The van der Waals surface area contributed by atoms with Crippen LogP contribution in [0.3, 0.4) is 0 Å². The molecule has 0 spiro atoms. The van der Waals surface area contributed by atoms with E-state index in [1.807, 2.05) is 25.2 Å². The summed E-state index contributed by atoms with van der Waals surface area (Å²) >= 11 is 0. The summed E-state index contributed by atoms with van der Waals surface area (Å²) in [6, 6.07) is 16.5. The largest absolute Gasteiger partial charge is 0.481 e. The number of ether oxygens (including phenoxy) is 1. The third-order valence-corrected chi connectivity index (χ3v) is 4.58. The lowest BCUT2D eigenvalue weighted by molar-refractivity contribution is 0.396. The second-order valence-electron chi connectivity index (χ2n) is 6.36. The molecule has 5 nitrogen and oxygen atoms in total. The summed E-state index contributed by atoms with van der Waals surface area (Å²) in [5.74, 6) is 2.26. The van der Waals surface area contributed by atoms with Gasteiger partial charge >= 0.3 is 0 Å². The molecule has 1 aliphatic heterocycles. The van der Waals surface area contributed by atoms with Gasteiger partial charge in [-0.1, -0.05) is 36.4 Å². The van der Waals surface area contributed by atoms with Crippen LogP contribution in [0.15, 0.2) is 53.5 Å². The number of benzene rings is 1. The molecule has 140 valence electrons. The van der Waals surface area contributed by atoms with Crippen LogP contribution in [-0.4, -0.2) is 43.1 Å². The lowest BCUT2D eigenvalue weighted by Crippen LogP contribution is -2.39. The van der Waals surface area contributed by atoms with Crippen LogP contribution >= 0.6 is 24.0 Å². The molecule has 1 aromatic carbocycles. The fraction of sp³-hybridized carbons (Fsp3) is 0.400. The van der Waals surface area contributed by atoms with E-state index >= 15 is 0 Å². The highest BCUT2D eigenvalue weighted by Crippen LogP contribution is 2.21. The first-order valence-electron chi connectivity index (χ1n) is 8.78. The van der Waals surface area contributed by atoms with Gasteiger partial charge in [-0.25, -0.2) is 4.98 Å². The van der Waals surface area contributed by atoms with Gasteiger partial charge in [-0.05, 0) is 30.4 Å². The molecule has 1 atom stereocenters.